The number of aliphatic imine (C=N–C) groups is 1. The van der Waals surface area contributed by atoms with Crippen molar-refractivity contribution in [2.45, 2.75) is 46.1 Å². The highest BCUT2D eigenvalue weighted by atomic mass is 127. The molecule has 0 amide bonds. The Morgan fingerprint density at radius 2 is 1.90 bits per heavy atom. The predicted molar refractivity (Wildman–Crippen MR) is 99.1 cm³/mol. The van der Waals surface area contributed by atoms with Gasteiger partial charge < -0.3 is 15.5 Å². The summed E-state index contributed by atoms with van der Waals surface area (Å²) in [5.74, 6) is 0.962. The van der Waals surface area contributed by atoms with Crippen LogP contribution in [0.2, 0.25) is 0 Å². The van der Waals surface area contributed by atoms with E-state index in [2.05, 4.69) is 53.4 Å². The normalized spacial score (nSPS) is 15.5. The van der Waals surface area contributed by atoms with E-state index in [1.165, 1.54) is 13.0 Å². The maximum atomic E-state index is 4.67. The minimum absolute atomic E-state index is 0. The molecule has 0 aromatic heterocycles. The zero-order valence-corrected chi connectivity index (χ0v) is 15.5. The third-order valence-corrected chi connectivity index (χ3v) is 3.37. The molecular weight excluding hydrogens is 363 g/mol. The topological polar surface area (TPSA) is 39.7 Å². The van der Waals surface area contributed by atoms with Gasteiger partial charge in [0.25, 0.3) is 0 Å². The molecular formula is C15H31IN4. The molecule has 0 atom stereocenters. The van der Waals surface area contributed by atoms with E-state index in [0.29, 0.717) is 6.04 Å². The maximum Gasteiger partial charge on any atom is 0.191 e. The zero-order chi connectivity index (χ0) is 13.9. The van der Waals surface area contributed by atoms with Crippen molar-refractivity contribution < 1.29 is 0 Å². The molecule has 0 radical (unpaired) electrons. The number of likely N-dealkylation sites (N-methyl/N-ethyl adjacent to an activating group) is 1. The molecule has 0 bridgehead atoms. The van der Waals surface area contributed by atoms with E-state index in [0.717, 1.165) is 45.0 Å². The average Bonchev–Trinajstić information content (AvgIpc) is 2.90. The van der Waals surface area contributed by atoms with Gasteiger partial charge in [0.15, 0.2) is 5.96 Å². The van der Waals surface area contributed by atoms with E-state index in [1.807, 2.05) is 0 Å². The van der Waals surface area contributed by atoms with Crippen molar-refractivity contribution in [3.63, 3.8) is 0 Å². The van der Waals surface area contributed by atoms with Gasteiger partial charge in [-0.3, -0.25) is 4.99 Å². The molecule has 0 heterocycles. The fourth-order valence-corrected chi connectivity index (χ4v) is 2.30. The van der Waals surface area contributed by atoms with E-state index in [9.17, 15) is 0 Å². The summed E-state index contributed by atoms with van der Waals surface area (Å²) in [5, 5.41) is 6.82. The molecule has 0 spiro atoms. The molecule has 4 nitrogen and oxygen atoms in total. The van der Waals surface area contributed by atoms with Crippen LogP contribution in [-0.4, -0.2) is 49.6 Å². The van der Waals surface area contributed by atoms with Crippen molar-refractivity contribution in [1.82, 2.24) is 15.5 Å². The molecule has 0 fully saturated rings. The van der Waals surface area contributed by atoms with Crippen LogP contribution in [0.3, 0.4) is 0 Å². The number of hydrogen-bond acceptors (Lipinski definition) is 2. The Kier molecular flexibility index (Phi) is 12.3. The van der Waals surface area contributed by atoms with Gasteiger partial charge in [0, 0.05) is 19.1 Å². The average molecular weight is 394 g/mol. The molecule has 0 aliphatic heterocycles. The molecule has 1 aliphatic rings. The molecule has 1 rings (SSSR count). The highest BCUT2D eigenvalue weighted by molar-refractivity contribution is 14.0. The number of rotatable bonds is 8. The number of halogens is 1. The fraction of sp³-hybridized carbons (Fsp3) is 0.800. The summed E-state index contributed by atoms with van der Waals surface area (Å²) in [6.45, 7) is 11.7. The summed E-state index contributed by atoms with van der Waals surface area (Å²) in [4.78, 5) is 7.12. The largest absolute Gasteiger partial charge is 0.357 e. The molecule has 20 heavy (non-hydrogen) atoms. The monoisotopic (exact) mass is 394 g/mol. The lowest BCUT2D eigenvalue weighted by Gasteiger charge is -2.20. The number of hydrogen-bond donors (Lipinski definition) is 2. The van der Waals surface area contributed by atoms with Gasteiger partial charge in [-0.2, -0.15) is 0 Å². The van der Waals surface area contributed by atoms with Gasteiger partial charge in [0.05, 0.1) is 6.54 Å². The van der Waals surface area contributed by atoms with Crippen LogP contribution in [-0.2, 0) is 0 Å². The molecule has 1 aliphatic carbocycles. The molecule has 2 N–H and O–H groups in total. The van der Waals surface area contributed by atoms with Gasteiger partial charge in [0.1, 0.15) is 0 Å². The van der Waals surface area contributed by atoms with Gasteiger partial charge in [-0.1, -0.05) is 26.0 Å². The summed E-state index contributed by atoms with van der Waals surface area (Å²) < 4.78 is 0. The van der Waals surface area contributed by atoms with Crippen molar-refractivity contribution in [3.05, 3.63) is 12.2 Å². The van der Waals surface area contributed by atoms with E-state index < -0.39 is 0 Å². The van der Waals surface area contributed by atoms with Gasteiger partial charge in [-0.15, -0.1) is 24.0 Å². The Balaban J connectivity index is 0.00000361. The highest BCUT2D eigenvalue weighted by Crippen LogP contribution is 2.08. The SMILES string of the molecule is CCCN(CC)CCN=C(NCC)NC1CC=CC1.I. The van der Waals surface area contributed by atoms with Crippen LogP contribution in [0.5, 0.6) is 0 Å². The number of guanidine groups is 1. The molecule has 0 aromatic carbocycles. The zero-order valence-electron chi connectivity index (χ0n) is 13.2. The number of nitrogens with zero attached hydrogens (tertiary/aromatic N) is 2. The smallest absolute Gasteiger partial charge is 0.191 e. The first-order valence-electron chi connectivity index (χ1n) is 7.72. The summed E-state index contributed by atoms with van der Waals surface area (Å²) in [6.07, 6.45) is 7.91. The van der Waals surface area contributed by atoms with E-state index in [-0.39, 0.29) is 24.0 Å². The Labute approximate surface area is 141 Å². The van der Waals surface area contributed by atoms with Crippen LogP contribution >= 0.6 is 24.0 Å². The van der Waals surface area contributed by atoms with Crippen LogP contribution in [0.15, 0.2) is 17.1 Å². The Hall–Kier alpha value is -0.300. The third-order valence-electron chi connectivity index (χ3n) is 3.37. The lowest BCUT2D eigenvalue weighted by Crippen LogP contribution is -2.43. The predicted octanol–water partition coefficient (Wildman–Crippen LogP) is 2.61. The van der Waals surface area contributed by atoms with Gasteiger partial charge in [-0.25, -0.2) is 0 Å². The second-order valence-electron chi connectivity index (χ2n) is 4.98. The maximum absolute atomic E-state index is 4.67. The first kappa shape index (κ1) is 19.7. The van der Waals surface area contributed by atoms with E-state index in [4.69, 9.17) is 0 Å². The van der Waals surface area contributed by atoms with Crippen LogP contribution in [0.1, 0.15) is 40.0 Å². The molecule has 0 unspecified atom stereocenters. The second kappa shape index (κ2) is 12.4. The van der Waals surface area contributed by atoms with Crippen molar-refractivity contribution in [3.8, 4) is 0 Å². The molecule has 5 heteroatoms. The second-order valence-corrected chi connectivity index (χ2v) is 4.98. The van der Waals surface area contributed by atoms with E-state index in [1.54, 1.807) is 0 Å². The quantitative estimate of drug-likeness (QED) is 0.288. The highest BCUT2D eigenvalue weighted by Gasteiger charge is 2.11. The fourth-order valence-electron chi connectivity index (χ4n) is 2.30. The van der Waals surface area contributed by atoms with Crippen LogP contribution < -0.4 is 10.6 Å². The summed E-state index contributed by atoms with van der Waals surface area (Å²) in [5.41, 5.74) is 0. The van der Waals surface area contributed by atoms with Gasteiger partial charge in [0.2, 0.25) is 0 Å². The van der Waals surface area contributed by atoms with Gasteiger partial charge in [-0.05, 0) is 39.3 Å². The first-order chi connectivity index (χ1) is 9.30. The van der Waals surface area contributed by atoms with E-state index >= 15 is 0 Å². The summed E-state index contributed by atoms with van der Waals surface area (Å²) >= 11 is 0. The standard InChI is InChI=1S/C15H30N4.HI/c1-4-12-19(6-3)13-11-17-15(16-5-2)18-14-9-7-8-10-14;/h7-8,14H,4-6,9-13H2,1-3H3,(H2,16,17,18);1H. The summed E-state index contributed by atoms with van der Waals surface area (Å²) in [6, 6.07) is 0.524. The Morgan fingerprint density at radius 3 is 2.45 bits per heavy atom. The first-order valence-corrected chi connectivity index (χ1v) is 7.72. The Morgan fingerprint density at radius 1 is 1.20 bits per heavy atom. The third kappa shape index (κ3) is 8.09. The van der Waals surface area contributed by atoms with Crippen molar-refractivity contribution in [2.75, 3.05) is 32.7 Å². The van der Waals surface area contributed by atoms with Crippen LogP contribution in [0, 0.1) is 0 Å². The molecule has 0 aromatic rings. The Bertz CT molecular complexity index is 284. The lowest BCUT2D eigenvalue weighted by atomic mass is 10.2. The van der Waals surface area contributed by atoms with Crippen molar-refractivity contribution in [2.24, 2.45) is 4.99 Å². The van der Waals surface area contributed by atoms with Crippen LogP contribution in [0.4, 0.5) is 0 Å². The molecule has 0 saturated heterocycles. The van der Waals surface area contributed by atoms with Crippen LogP contribution in [0.25, 0.3) is 0 Å². The summed E-state index contributed by atoms with van der Waals surface area (Å²) in [7, 11) is 0. The lowest BCUT2D eigenvalue weighted by molar-refractivity contribution is 0.297. The minimum atomic E-state index is 0. The van der Waals surface area contributed by atoms with Gasteiger partial charge >= 0.3 is 0 Å². The van der Waals surface area contributed by atoms with Crippen molar-refractivity contribution in [1.29, 1.82) is 0 Å². The van der Waals surface area contributed by atoms with Crippen molar-refractivity contribution >= 4 is 29.9 Å². The minimum Gasteiger partial charge on any atom is -0.357 e. The number of nitrogens with one attached hydrogen (secondary N) is 2. The molecule has 0 saturated carbocycles. The molecule has 118 valence electrons.